The fourth-order valence-electron chi connectivity index (χ4n) is 3.11. The van der Waals surface area contributed by atoms with Crippen LogP contribution < -0.4 is 5.32 Å². The number of carbonyl (C=O) groups is 2. The van der Waals surface area contributed by atoms with Gasteiger partial charge in [-0.05, 0) is 63.0 Å². The molecule has 164 valence electrons. The molecule has 0 fully saturated rings. The Labute approximate surface area is 176 Å². The molecule has 1 N–H and O–H groups in total. The van der Waals surface area contributed by atoms with Crippen LogP contribution in [0.4, 0.5) is 4.79 Å². The Bertz CT molecular complexity index is 653. The van der Waals surface area contributed by atoms with Crippen molar-refractivity contribution in [2.75, 3.05) is 6.61 Å². The van der Waals surface area contributed by atoms with E-state index in [2.05, 4.69) is 57.3 Å². The molecule has 1 amide bonds. The number of esters is 1. The molecular weight excluding hydrogens is 366 g/mol. The van der Waals surface area contributed by atoms with Gasteiger partial charge in [-0.2, -0.15) is 0 Å². The first kappa shape index (κ1) is 25.0. The highest BCUT2D eigenvalue weighted by molar-refractivity contribution is 5.81. The van der Waals surface area contributed by atoms with Gasteiger partial charge in [0.2, 0.25) is 0 Å². The lowest BCUT2D eigenvalue weighted by Crippen LogP contribution is -2.45. The monoisotopic (exact) mass is 405 g/mol. The first-order valence-corrected chi connectivity index (χ1v) is 10.6. The van der Waals surface area contributed by atoms with Crippen LogP contribution in [0, 0.1) is 5.92 Å². The van der Waals surface area contributed by atoms with Crippen molar-refractivity contribution < 1.29 is 19.1 Å². The third kappa shape index (κ3) is 9.33. The van der Waals surface area contributed by atoms with Crippen molar-refractivity contribution >= 4 is 12.1 Å². The zero-order valence-corrected chi connectivity index (χ0v) is 19.4. The molecule has 1 aromatic carbocycles. The number of benzene rings is 1. The Morgan fingerprint density at radius 1 is 1.00 bits per heavy atom. The molecule has 5 nitrogen and oxygen atoms in total. The minimum atomic E-state index is -0.719. The van der Waals surface area contributed by atoms with E-state index < -0.39 is 23.7 Å². The normalized spacial score (nSPS) is 14.1. The summed E-state index contributed by atoms with van der Waals surface area (Å²) < 4.78 is 10.5. The van der Waals surface area contributed by atoms with Crippen molar-refractivity contribution in [3.63, 3.8) is 0 Å². The summed E-state index contributed by atoms with van der Waals surface area (Å²) in [6.07, 6.45) is 1.65. The van der Waals surface area contributed by atoms with Gasteiger partial charge in [0, 0.05) is 0 Å². The molecule has 0 aliphatic heterocycles. The van der Waals surface area contributed by atoms with Crippen molar-refractivity contribution in [1.29, 1.82) is 0 Å². The third-order valence-corrected chi connectivity index (χ3v) is 4.75. The Kier molecular flexibility index (Phi) is 9.18. The van der Waals surface area contributed by atoms with Gasteiger partial charge in [-0.15, -0.1) is 0 Å². The minimum absolute atomic E-state index is 0.120. The average Bonchev–Trinajstić information content (AvgIpc) is 2.58. The standard InChI is InChI=1S/C24H39NO4/c1-9-17(15-18-11-13-19(14-12-18)23(3,4)5)16-20(21(26)28-10-2)25-22(27)29-24(6,7)8/h11-14,17,20H,9-10,15-16H2,1-8H3,(H,25,27)/t17-,20+/m1/s1. The van der Waals surface area contributed by atoms with Gasteiger partial charge in [0.1, 0.15) is 11.6 Å². The Hall–Kier alpha value is -2.04. The average molecular weight is 406 g/mol. The number of carbonyl (C=O) groups excluding carboxylic acids is 2. The van der Waals surface area contributed by atoms with Gasteiger partial charge in [0.25, 0.3) is 0 Å². The molecule has 0 radical (unpaired) electrons. The smallest absolute Gasteiger partial charge is 0.408 e. The molecule has 1 rings (SSSR count). The van der Waals surface area contributed by atoms with Gasteiger partial charge in [0.15, 0.2) is 0 Å². The van der Waals surface area contributed by atoms with Crippen LogP contribution in [-0.2, 0) is 26.1 Å². The lowest BCUT2D eigenvalue weighted by Gasteiger charge is -2.25. The van der Waals surface area contributed by atoms with Gasteiger partial charge in [-0.3, -0.25) is 0 Å². The first-order chi connectivity index (χ1) is 13.4. The molecule has 1 aromatic rings. The molecule has 0 aromatic heterocycles. The maximum atomic E-state index is 12.4. The van der Waals surface area contributed by atoms with E-state index in [1.165, 1.54) is 11.1 Å². The van der Waals surface area contributed by atoms with Gasteiger partial charge in [-0.1, -0.05) is 58.4 Å². The zero-order chi connectivity index (χ0) is 22.2. The quantitative estimate of drug-likeness (QED) is 0.588. The third-order valence-electron chi connectivity index (χ3n) is 4.75. The summed E-state index contributed by atoms with van der Waals surface area (Å²) in [5.74, 6) is -0.181. The van der Waals surface area contributed by atoms with Crippen molar-refractivity contribution in [3.8, 4) is 0 Å². The van der Waals surface area contributed by atoms with E-state index in [4.69, 9.17) is 9.47 Å². The minimum Gasteiger partial charge on any atom is -0.464 e. The fraction of sp³-hybridized carbons (Fsp3) is 0.667. The van der Waals surface area contributed by atoms with E-state index in [1.54, 1.807) is 27.7 Å². The van der Waals surface area contributed by atoms with E-state index in [0.29, 0.717) is 6.42 Å². The van der Waals surface area contributed by atoms with E-state index >= 15 is 0 Å². The number of ether oxygens (including phenoxy) is 2. The number of hydrogen-bond donors (Lipinski definition) is 1. The van der Waals surface area contributed by atoms with E-state index in [9.17, 15) is 9.59 Å². The maximum Gasteiger partial charge on any atom is 0.408 e. The molecule has 0 saturated heterocycles. The largest absolute Gasteiger partial charge is 0.464 e. The van der Waals surface area contributed by atoms with Crippen LogP contribution in [-0.4, -0.2) is 30.3 Å². The van der Waals surface area contributed by atoms with Crippen LogP contribution in [0.3, 0.4) is 0 Å². The summed E-state index contributed by atoms with van der Waals surface area (Å²) in [7, 11) is 0. The Balaban J connectivity index is 2.85. The second kappa shape index (κ2) is 10.7. The maximum absolute atomic E-state index is 12.4. The van der Waals surface area contributed by atoms with Crippen LogP contribution in [0.2, 0.25) is 0 Å². The van der Waals surface area contributed by atoms with Gasteiger partial charge in [0.05, 0.1) is 6.61 Å². The van der Waals surface area contributed by atoms with Crippen molar-refractivity contribution in [1.82, 2.24) is 5.32 Å². The molecule has 2 atom stereocenters. The van der Waals surface area contributed by atoms with E-state index in [0.717, 1.165) is 12.8 Å². The highest BCUT2D eigenvalue weighted by Crippen LogP contribution is 2.24. The first-order valence-electron chi connectivity index (χ1n) is 10.6. The lowest BCUT2D eigenvalue weighted by molar-refractivity contribution is -0.146. The summed E-state index contributed by atoms with van der Waals surface area (Å²) >= 11 is 0. The fourth-order valence-corrected chi connectivity index (χ4v) is 3.11. The number of amides is 1. The van der Waals surface area contributed by atoms with Gasteiger partial charge in [-0.25, -0.2) is 9.59 Å². The van der Waals surface area contributed by atoms with Crippen LogP contribution >= 0.6 is 0 Å². The molecule has 0 aliphatic rings. The molecule has 0 saturated carbocycles. The second-order valence-electron chi connectivity index (χ2n) is 9.61. The molecule has 0 aliphatic carbocycles. The summed E-state index contributed by atoms with van der Waals surface area (Å²) in [4.78, 5) is 24.6. The zero-order valence-electron chi connectivity index (χ0n) is 19.4. The van der Waals surface area contributed by atoms with Crippen LogP contribution in [0.1, 0.15) is 79.4 Å². The molecule has 0 unspecified atom stereocenters. The molecular formula is C24H39NO4. The number of rotatable bonds is 8. The highest BCUT2D eigenvalue weighted by Gasteiger charge is 2.28. The Morgan fingerprint density at radius 2 is 1.59 bits per heavy atom. The summed E-state index contributed by atoms with van der Waals surface area (Å²) in [6, 6.07) is 7.94. The molecule has 0 heterocycles. The van der Waals surface area contributed by atoms with Gasteiger partial charge >= 0.3 is 12.1 Å². The molecule has 0 bridgehead atoms. The number of hydrogen-bond acceptors (Lipinski definition) is 4. The molecule has 0 spiro atoms. The second-order valence-corrected chi connectivity index (χ2v) is 9.61. The number of nitrogens with one attached hydrogen (secondary N) is 1. The van der Waals surface area contributed by atoms with E-state index in [-0.39, 0.29) is 17.9 Å². The van der Waals surface area contributed by atoms with Crippen LogP contribution in [0.15, 0.2) is 24.3 Å². The number of alkyl carbamates (subject to hydrolysis) is 1. The van der Waals surface area contributed by atoms with Crippen molar-refractivity contribution in [2.45, 2.75) is 91.7 Å². The topological polar surface area (TPSA) is 64.6 Å². The predicted octanol–water partition coefficient (Wildman–Crippen LogP) is 5.40. The van der Waals surface area contributed by atoms with Crippen molar-refractivity contribution in [2.24, 2.45) is 5.92 Å². The summed E-state index contributed by atoms with van der Waals surface area (Å²) in [6.45, 7) is 16.1. The summed E-state index contributed by atoms with van der Waals surface area (Å²) in [5, 5.41) is 2.70. The molecule has 5 heteroatoms. The molecule has 29 heavy (non-hydrogen) atoms. The SMILES string of the molecule is CCOC(=O)[C@H](C[C@H](CC)Cc1ccc(C(C)(C)C)cc1)NC(=O)OC(C)(C)C. The predicted molar refractivity (Wildman–Crippen MR) is 117 cm³/mol. The van der Waals surface area contributed by atoms with Crippen LogP contribution in [0.25, 0.3) is 0 Å². The highest BCUT2D eigenvalue weighted by atomic mass is 16.6. The Morgan fingerprint density at radius 3 is 2.03 bits per heavy atom. The van der Waals surface area contributed by atoms with Gasteiger partial charge < -0.3 is 14.8 Å². The van der Waals surface area contributed by atoms with Crippen LogP contribution in [0.5, 0.6) is 0 Å². The lowest BCUT2D eigenvalue weighted by atomic mass is 9.85. The summed E-state index contributed by atoms with van der Waals surface area (Å²) in [5.41, 5.74) is 2.02. The van der Waals surface area contributed by atoms with Crippen molar-refractivity contribution in [3.05, 3.63) is 35.4 Å². The van der Waals surface area contributed by atoms with E-state index in [1.807, 2.05) is 0 Å².